The number of aldehydes is 1. The first kappa shape index (κ1) is 16.4. The molecular formula is C15H16O6. The molecule has 0 saturated carbocycles. The molecule has 0 aromatic heterocycles. The molecule has 0 fully saturated rings. The van der Waals surface area contributed by atoms with Crippen LogP contribution in [0.2, 0.25) is 0 Å². The van der Waals surface area contributed by atoms with Crippen LogP contribution in [0, 0.1) is 0 Å². The molecule has 0 saturated heterocycles. The Labute approximate surface area is 122 Å². The van der Waals surface area contributed by atoms with Gasteiger partial charge in [0.1, 0.15) is 11.5 Å². The lowest BCUT2D eigenvalue weighted by atomic mass is 10.2. The van der Waals surface area contributed by atoms with Gasteiger partial charge in [0.15, 0.2) is 12.4 Å². The summed E-state index contributed by atoms with van der Waals surface area (Å²) in [5.74, 6) is -0.963. The maximum Gasteiger partial charge on any atom is 0.352 e. The molecule has 0 bridgehead atoms. The Morgan fingerprint density at radius 3 is 2.52 bits per heavy atom. The number of rotatable bonds is 6. The van der Waals surface area contributed by atoms with Gasteiger partial charge < -0.3 is 14.2 Å². The number of esters is 2. The average molecular weight is 292 g/mol. The number of hydrogen-bond acceptors (Lipinski definition) is 6. The van der Waals surface area contributed by atoms with Gasteiger partial charge in [-0.05, 0) is 32.0 Å². The smallest absolute Gasteiger partial charge is 0.352 e. The topological polar surface area (TPSA) is 78.9 Å². The van der Waals surface area contributed by atoms with Crippen LogP contribution in [0.3, 0.4) is 0 Å². The van der Waals surface area contributed by atoms with Gasteiger partial charge >= 0.3 is 11.9 Å². The molecule has 1 rings (SSSR count). The van der Waals surface area contributed by atoms with Crippen molar-refractivity contribution in [3.8, 4) is 11.5 Å². The predicted molar refractivity (Wildman–Crippen MR) is 74.4 cm³/mol. The summed E-state index contributed by atoms with van der Waals surface area (Å²) >= 11 is 0. The molecule has 6 nitrogen and oxygen atoms in total. The quantitative estimate of drug-likeness (QED) is 0.345. The third-order valence-corrected chi connectivity index (χ3v) is 2.52. The Hall–Kier alpha value is -2.63. The summed E-state index contributed by atoms with van der Waals surface area (Å²) in [5.41, 5.74) is 0.328. The van der Waals surface area contributed by atoms with Crippen molar-refractivity contribution in [1.82, 2.24) is 0 Å². The monoisotopic (exact) mass is 292 g/mol. The average Bonchev–Trinajstić information content (AvgIpc) is 2.47. The van der Waals surface area contributed by atoms with Crippen LogP contribution in [-0.4, -0.2) is 31.4 Å². The second-order valence-corrected chi connectivity index (χ2v) is 4.27. The van der Waals surface area contributed by atoms with Crippen LogP contribution in [0.25, 0.3) is 0 Å². The molecule has 1 aromatic rings. The Kier molecular flexibility index (Phi) is 5.66. The fraction of sp³-hybridized carbons (Fsp3) is 0.267. The highest BCUT2D eigenvalue weighted by atomic mass is 16.6. The van der Waals surface area contributed by atoms with E-state index in [0.717, 1.165) is 0 Å². The van der Waals surface area contributed by atoms with Crippen molar-refractivity contribution >= 4 is 18.2 Å². The maximum absolute atomic E-state index is 11.8. The molecule has 0 aliphatic rings. The number of carbonyl (C=O) groups is 3. The summed E-state index contributed by atoms with van der Waals surface area (Å²) in [6.45, 7) is 6.25. The standard InChI is InChI=1S/C15H16O6/c1-9(2)14(17)20-10(3)15(18)21-13-6-5-12(19-4)7-11(13)8-16/h5-8,10H,1H2,2-4H3. The summed E-state index contributed by atoms with van der Waals surface area (Å²) in [7, 11) is 1.45. The van der Waals surface area contributed by atoms with Crippen LogP contribution in [0.1, 0.15) is 24.2 Å². The molecule has 0 aliphatic carbocycles. The molecule has 0 amide bonds. The van der Waals surface area contributed by atoms with Crippen molar-refractivity contribution < 1.29 is 28.6 Å². The molecule has 0 radical (unpaired) electrons. The highest BCUT2D eigenvalue weighted by molar-refractivity contribution is 5.90. The summed E-state index contributed by atoms with van der Waals surface area (Å²) in [5, 5.41) is 0. The molecule has 6 heteroatoms. The van der Waals surface area contributed by atoms with Crippen molar-refractivity contribution in [2.75, 3.05) is 7.11 Å². The van der Waals surface area contributed by atoms with Crippen LogP contribution < -0.4 is 9.47 Å². The van der Waals surface area contributed by atoms with Crippen LogP contribution >= 0.6 is 0 Å². The van der Waals surface area contributed by atoms with E-state index in [2.05, 4.69) is 6.58 Å². The third-order valence-electron chi connectivity index (χ3n) is 2.52. The van der Waals surface area contributed by atoms with E-state index < -0.39 is 18.0 Å². The van der Waals surface area contributed by atoms with Gasteiger partial charge in [-0.1, -0.05) is 6.58 Å². The second kappa shape index (κ2) is 7.23. The zero-order valence-electron chi connectivity index (χ0n) is 12.0. The van der Waals surface area contributed by atoms with Gasteiger partial charge in [-0.25, -0.2) is 9.59 Å². The molecule has 112 valence electrons. The van der Waals surface area contributed by atoms with Crippen molar-refractivity contribution in [3.63, 3.8) is 0 Å². The SMILES string of the molecule is C=C(C)C(=O)OC(C)C(=O)Oc1ccc(OC)cc1C=O. The van der Waals surface area contributed by atoms with Crippen molar-refractivity contribution in [3.05, 3.63) is 35.9 Å². The van der Waals surface area contributed by atoms with Gasteiger partial charge in [0.2, 0.25) is 0 Å². The summed E-state index contributed by atoms with van der Waals surface area (Å²) in [6, 6.07) is 4.40. The predicted octanol–water partition coefficient (Wildman–Crippen LogP) is 1.92. The second-order valence-electron chi connectivity index (χ2n) is 4.27. The first-order valence-corrected chi connectivity index (χ1v) is 6.10. The minimum atomic E-state index is -1.11. The Bertz CT molecular complexity index is 576. The van der Waals surface area contributed by atoms with E-state index in [1.165, 1.54) is 33.1 Å². The molecule has 0 aliphatic heterocycles. The maximum atomic E-state index is 11.8. The van der Waals surface area contributed by atoms with Crippen LogP contribution in [-0.2, 0) is 14.3 Å². The van der Waals surface area contributed by atoms with Crippen molar-refractivity contribution in [1.29, 1.82) is 0 Å². The molecule has 21 heavy (non-hydrogen) atoms. The molecular weight excluding hydrogens is 276 g/mol. The van der Waals surface area contributed by atoms with Gasteiger partial charge in [0.05, 0.1) is 12.7 Å². The Balaban J connectivity index is 2.81. The van der Waals surface area contributed by atoms with E-state index >= 15 is 0 Å². The third kappa shape index (κ3) is 4.45. The van der Waals surface area contributed by atoms with E-state index in [4.69, 9.17) is 14.2 Å². The Morgan fingerprint density at radius 1 is 1.33 bits per heavy atom. The van der Waals surface area contributed by atoms with Gasteiger partial charge in [-0.15, -0.1) is 0 Å². The van der Waals surface area contributed by atoms with E-state index in [-0.39, 0.29) is 16.9 Å². The first-order valence-electron chi connectivity index (χ1n) is 6.10. The Morgan fingerprint density at radius 2 is 2.00 bits per heavy atom. The number of ether oxygens (including phenoxy) is 3. The number of carbonyl (C=O) groups excluding carboxylic acids is 3. The zero-order chi connectivity index (χ0) is 16.0. The zero-order valence-corrected chi connectivity index (χ0v) is 12.0. The van der Waals surface area contributed by atoms with Crippen LogP contribution in [0.15, 0.2) is 30.4 Å². The number of hydrogen-bond donors (Lipinski definition) is 0. The first-order chi connectivity index (χ1) is 9.88. The normalized spacial score (nSPS) is 11.2. The van der Waals surface area contributed by atoms with Gasteiger partial charge in [0.25, 0.3) is 0 Å². The van der Waals surface area contributed by atoms with Crippen LogP contribution in [0.5, 0.6) is 11.5 Å². The highest BCUT2D eigenvalue weighted by Crippen LogP contribution is 2.23. The fourth-order valence-corrected chi connectivity index (χ4v) is 1.34. The molecule has 1 unspecified atom stereocenters. The molecule has 1 aromatic carbocycles. The lowest BCUT2D eigenvalue weighted by Crippen LogP contribution is -2.28. The van der Waals surface area contributed by atoms with E-state index in [1.54, 1.807) is 6.07 Å². The molecule has 0 heterocycles. The minimum absolute atomic E-state index is 0.0639. The summed E-state index contributed by atoms with van der Waals surface area (Å²) in [4.78, 5) is 34.1. The lowest BCUT2D eigenvalue weighted by Gasteiger charge is -2.13. The van der Waals surface area contributed by atoms with Gasteiger partial charge in [0, 0.05) is 5.57 Å². The molecule has 1 atom stereocenters. The summed E-state index contributed by atoms with van der Waals surface area (Å²) in [6.07, 6.45) is -0.578. The summed E-state index contributed by atoms with van der Waals surface area (Å²) < 4.78 is 14.8. The van der Waals surface area contributed by atoms with Crippen molar-refractivity contribution in [2.45, 2.75) is 20.0 Å². The van der Waals surface area contributed by atoms with E-state index in [0.29, 0.717) is 12.0 Å². The van der Waals surface area contributed by atoms with Gasteiger partial charge in [-0.3, -0.25) is 4.79 Å². The minimum Gasteiger partial charge on any atom is -0.497 e. The van der Waals surface area contributed by atoms with Crippen LogP contribution in [0.4, 0.5) is 0 Å². The van der Waals surface area contributed by atoms with E-state index in [1.807, 2.05) is 0 Å². The van der Waals surface area contributed by atoms with E-state index in [9.17, 15) is 14.4 Å². The molecule has 0 N–H and O–H groups in total. The fourth-order valence-electron chi connectivity index (χ4n) is 1.34. The lowest BCUT2D eigenvalue weighted by molar-refractivity contribution is -0.158. The van der Waals surface area contributed by atoms with Gasteiger partial charge in [-0.2, -0.15) is 0 Å². The highest BCUT2D eigenvalue weighted by Gasteiger charge is 2.21. The number of methoxy groups -OCH3 is 1. The number of benzene rings is 1. The largest absolute Gasteiger partial charge is 0.497 e. The molecule has 0 spiro atoms. The van der Waals surface area contributed by atoms with Crippen molar-refractivity contribution in [2.24, 2.45) is 0 Å².